The van der Waals surface area contributed by atoms with Crippen molar-refractivity contribution in [1.29, 1.82) is 0 Å². The van der Waals surface area contributed by atoms with Gasteiger partial charge in [0.25, 0.3) is 17.7 Å². The van der Waals surface area contributed by atoms with E-state index in [4.69, 9.17) is 9.47 Å². The third-order valence-electron chi connectivity index (χ3n) is 9.93. The first-order valence-corrected chi connectivity index (χ1v) is 18.3. The highest BCUT2D eigenvalue weighted by Gasteiger charge is 2.32. The number of hydrogen-bond donors (Lipinski definition) is 4. The molecule has 14 nitrogen and oxygen atoms in total. The largest absolute Gasteiger partial charge is 0.493 e. The quantitative estimate of drug-likeness (QED) is 0.111. The number of hydrogen-bond acceptors (Lipinski definition) is 8. The zero-order valence-electron chi connectivity index (χ0n) is 31.1. The van der Waals surface area contributed by atoms with E-state index in [9.17, 15) is 19.2 Å². The minimum Gasteiger partial charge on any atom is -0.493 e. The summed E-state index contributed by atoms with van der Waals surface area (Å²) < 4.78 is 15.0. The second-order valence-corrected chi connectivity index (χ2v) is 13.7. The second-order valence-electron chi connectivity index (χ2n) is 13.7. The Kier molecular flexibility index (Phi) is 10.8. The van der Waals surface area contributed by atoms with Crippen molar-refractivity contribution in [3.63, 3.8) is 0 Å². The van der Waals surface area contributed by atoms with Crippen molar-refractivity contribution in [2.24, 2.45) is 14.1 Å². The maximum atomic E-state index is 13.3. The van der Waals surface area contributed by atoms with Crippen LogP contribution in [0.3, 0.4) is 0 Å². The molecular weight excluding hydrogens is 701 g/mol. The summed E-state index contributed by atoms with van der Waals surface area (Å²) in [4.78, 5) is 58.1. The molecule has 0 aliphatic carbocycles. The fourth-order valence-electron chi connectivity index (χ4n) is 7.03. The summed E-state index contributed by atoms with van der Waals surface area (Å²) in [6.45, 7) is 1.71. The van der Waals surface area contributed by atoms with Crippen LogP contribution in [0.25, 0.3) is 11.1 Å². The highest BCUT2D eigenvalue weighted by Crippen LogP contribution is 2.37. The van der Waals surface area contributed by atoms with Gasteiger partial charge < -0.3 is 44.8 Å². The highest BCUT2D eigenvalue weighted by atomic mass is 16.5. The Morgan fingerprint density at radius 1 is 0.818 bits per heavy atom. The summed E-state index contributed by atoms with van der Waals surface area (Å²) in [5.74, 6) is 0.197. The standard InChI is InChI=1S/C41H44N8O6/c1-47-24-27(19-34(47)39(51)46-29-13-15-42-16-14-29)26-9-11-28(12-10-26)45-40(52)35-20-30(25-48(35)2)44-38(50)8-6-18-55-37-22-33-32(21-36(37)54-3)41(53)49-17-5-4-7-31(49)23-43-33/h9-16,19-22,24-25,31,43H,4-8,17-18,23H2,1-3H3,(H,44,50)(H,45,52)(H,42,46,51)/t31-/m0/s1. The number of carbonyl (C=O) groups is 4. The molecule has 4 amide bonds. The number of nitrogens with zero attached hydrogens (tertiary/aromatic N) is 4. The Hall–Kier alpha value is -6.57. The predicted octanol–water partition coefficient (Wildman–Crippen LogP) is 6.16. The van der Waals surface area contributed by atoms with Gasteiger partial charge in [-0.1, -0.05) is 12.1 Å². The van der Waals surface area contributed by atoms with E-state index in [1.54, 1.807) is 78.3 Å². The molecule has 1 fully saturated rings. The molecule has 284 valence electrons. The van der Waals surface area contributed by atoms with Crippen LogP contribution in [0.2, 0.25) is 0 Å². The van der Waals surface area contributed by atoms with Crippen molar-refractivity contribution in [2.75, 3.05) is 48.1 Å². The lowest BCUT2D eigenvalue weighted by Crippen LogP contribution is -2.45. The number of aromatic nitrogens is 3. The van der Waals surface area contributed by atoms with Crippen LogP contribution in [0, 0.1) is 0 Å². The van der Waals surface area contributed by atoms with E-state index < -0.39 is 0 Å². The van der Waals surface area contributed by atoms with E-state index in [-0.39, 0.29) is 42.7 Å². The SMILES string of the molecule is COc1cc2c(cc1OCCCC(=O)Nc1cc(C(=O)Nc3ccc(-c4cc(C(=O)Nc5ccncc5)n(C)c4)cc3)n(C)c1)NC[C@@H]1CCCCN1C2=O. The first kappa shape index (κ1) is 36.8. The van der Waals surface area contributed by atoms with Gasteiger partial charge in [0.15, 0.2) is 11.5 Å². The Balaban J connectivity index is 0.895. The lowest BCUT2D eigenvalue weighted by atomic mass is 10.0. The molecular formula is C41H44N8O6. The predicted molar refractivity (Wildman–Crippen MR) is 210 cm³/mol. The number of amides is 4. The first-order valence-electron chi connectivity index (χ1n) is 18.3. The van der Waals surface area contributed by atoms with Gasteiger partial charge in [0.05, 0.1) is 30.7 Å². The number of pyridine rings is 1. The van der Waals surface area contributed by atoms with E-state index in [0.29, 0.717) is 58.5 Å². The third kappa shape index (κ3) is 8.33. The maximum absolute atomic E-state index is 13.3. The molecule has 55 heavy (non-hydrogen) atoms. The number of nitrogens with one attached hydrogen (secondary N) is 4. The van der Waals surface area contributed by atoms with Gasteiger partial charge in [0, 0.05) is 87.4 Å². The molecule has 2 aliphatic heterocycles. The molecule has 7 rings (SSSR count). The lowest BCUT2D eigenvalue weighted by molar-refractivity contribution is -0.116. The van der Waals surface area contributed by atoms with Crippen LogP contribution in [0.1, 0.15) is 63.4 Å². The Morgan fingerprint density at radius 2 is 1.53 bits per heavy atom. The van der Waals surface area contributed by atoms with Gasteiger partial charge >= 0.3 is 0 Å². The average molecular weight is 745 g/mol. The zero-order chi connectivity index (χ0) is 38.5. The summed E-state index contributed by atoms with van der Waals surface area (Å²) in [6.07, 6.45) is 10.5. The number of anilines is 4. The Morgan fingerprint density at radius 3 is 2.27 bits per heavy atom. The third-order valence-corrected chi connectivity index (χ3v) is 9.93. The van der Waals surface area contributed by atoms with Gasteiger partial charge in [-0.05, 0) is 73.7 Å². The molecule has 2 aromatic carbocycles. The molecule has 3 aromatic heterocycles. The van der Waals surface area contributed by atoms with Crippen LogP contribution in [0.5, 0.6) is 11.5 Å². The fourth-order valence-corrected chi connectivity index (χ4v) is 7.03. The van der Waals surface area contributed by atoms with Gasteiger partial charge in [0.1, 0.15) is 11.4 Å². The van der Waals surface area contributed by atoms with Gasteiger partial charge in [0.2, 0.25) is 5.91 Å². The number of rotatable bonds is 12. The number of methoxy groups -OCH3 is 1. The van der Waals surface area contributed by atoms with Crippen LogP contribution in [0.15, 0.2) is 85.5 Å². The van der Waals surface area contributed by atoms with E-state index in [2.05, 4.69) is 26.3 Å². The minimum absolute atomic E-state index is 0.00618. The van der Waals surface area contributed by atoms with E-state index in [1.165, 1.54) is 0 Å². The summed E-state index contributed by atoms with van der Waals surface area (Å²) in [6, 6.07) is 18.0. The summed E-state index contributed by atoms with van der Waals surface area (Å²) >= 11 is 0. The molecule has 1 atom stereocenters. The number of aryl methyl sites for hydroxylation is 2. The van der Waals surface area contributed by atoms with Crippen molar-refractivity contribution in [3.8, 4) is 22.6 Å². The van der Waals surface area contributed by atoms with Gasteiger partial charge in [-0.15, -0.1) is 0 Å². The number of ether oxygens (including phenoxy) is 2. The van der Waals surface area contributed by atoms with Crippen LogP contribution in [0.4, 0.5) is 22.7 Å². The molecule has 0 spiro atoms. The normalized spacial score (nSPS) is 14.9. The van der Waals surface area contributed by atoms with Gasteiger partial charge in [-0.3, -0.25) is 24.2 Å². The topological polar surface area (TPSA) is 161 Å². The average Bonchev–Trinajstić information content (AvgIpc) is 3.73. The number of piperidine rings is 1. The summed E-state index contributed by atoms with van der Waals surface area (Å²) in [7, 11) is 5.09. The molecule has 2 aliphatic rings. The van der Waals surface area contributed by atoms with Crippen LogP contribution < -0.4 is 30.7 Å². The Labute approximate surface area is 318 Å². The van der Waals surface area contributed by atoms with Crippen LogP contribution in [-0.2, 0) is 18.9 Å². The zero-order valence-corrected chi connectivity index (χ0v) is 31.1. The molecule has 0 saturated carbocycles. The van der Waals surface area contributed by atoms with Crippen molar-refractivity contribution >= 4 is 46.4 Å². The number of fused-ring (bicyclic) bond motifs is 2. The van der Waals surface area contributed by atoms with Crippen molar-refractivity contribution in [1.82, 2.24) is 19.0 Å². The smallest absolute Gasteiger partial charge is 0.272 e. The van der Waals surface area contributed by atoms with Gasteiger partial charge in [-0.2, -0.15) is 0 Å². The second kappa shape index (κ2) is 16.2. The van der Waals surface area contributed by atoms with Crippen molar-refractivity contribution in [3.05, 3.63) is 102 Å². The van der Waals surface area contributed by atoms with Crippen molar-refractivity contribution in [2.45, 2.75) is 38.1 Å². The van der Waals surface area contributed by atoms with Gasteiger partial charge in [-0.25, -0.2) is 0 Å². The van der Waals surface area contributed by atoms with E-state index >= 15 is 0 Å². The molecule has 5 heterocycles. The highest BCUT2D eigenvalue weighted by molar-refractivity contribution is 6.05. The molecule has 5 aromatic rings. The minimum atomic E-state index is -0.333. The van der Waals surface area contributed by atoms with Crippen molar-refractivity contribution < 1.29 is 28.7 Å². The Bertz CT molecular complexity index is 2210. The van der Waals surface area contributed by atoms with E-state index in [0.717, 1.165) is 42.6 Å². The molecule has 0 radical (unpaired) electrons. The molecule has 0 unspecified atom stereocenters. The number of carbonyl (C=O) groups excluding carboxylic acids is 4. The monoisotopic (exact) mass is 744 g/mol. The van der Waals surface area contributed by atoms with Crippen LogP contribution >= 0.6 is 0 Å². The molecule has 14 heteroatoms. The lowest BCUT2D eigenvalue weighted by Gasteiger charge is -2.34. The molecule has 1 saturated heterocycles. The maximum Gasteiger partial charge on any atom is 0.272 e. The molecule has 0 bridgehead atoms. The fraction of sp³-hybridized carbons (Fsp3) is 0.293. The van der Waals surface area contributed by atoms with E-state index in [1.807, 2.05) is 42.4 Å². The first-order chi connectivity index (χ1) is 26.7. The summed E-state index contributed by atoms with van der Waals surface area (Å²) in [5.41, 5.74) is 5.65. The summed E-state index contributed by atoms with van der Waals surface area (Å²) in [5, 5.41) is 12.1. The van der Waals surface area contributed by atoms with Crippen LogP contribution in [-0.4, -0.2) is 75.5 Å². The number of benzene rings is 2. The molecule has 4 N–H and O–H groups in total.